The molecule has 1 N–H and O–H groups in total. The first-order valence-corrected chi connectivity index (χ1v) is 7.30. The van der Waals surface area contributed by atoms with Crippen molar-refractivity contribution in [3.63, 3.8) is 0 Å². The van der Waals surface area contributed by atoms with Gasteiger partial charge in [0.05, 0.1) is 10.6 Å². The normalized spacial score (nSPS) is 10.3. The molecule has 0 saturated carbocycles. The van der Waals surface area contributed by atoms with Crippen LogP contribution in [0.1, 0.15) is 15.9 Å². The largest absolute Gasteiger partial charge is 0.452 e. The number of esters is 1. The van der Waals surface area contributed by atoms with E-state index in [9.17, 15) is 14.0 Å². The zero-order valence-corrected chi connectivity index (χ0v) is 13.5. The number of ether oxygens (including phenoxy) is 1. The number of amides is 1. The van der Waals surface area contributed by atoms with Crippen LogP contribution in [0.5, 0.6) is 0 Å². The highest BCUT2D eigenvalue weighted by atomic mass is 35.5. The summed E-state index contributed by atoms with van der Waals surface area (Å²) in [7, 11) is 0. The van der Waals surface area contributed by atoms with Crippen LogP contribution in [0, 0.1) is 12.7 Å². The fourth-order valence-corrected chi connectivity index (χ4v) is 2.10. The van der Waals surface area contributed by atoms with Crippen molar-refractivity contribution in [3.05, 3.63) is 63.4 Å². The Bertz CT molecular complexity index is 765. The van der Waals surface area contributed by atoms with Crippen molar-refractivity contribution in [2.75, 3.05) is 11.9 Å². The summed E-state index contributed by atoms with van der Waals surface area (Å²) in [5, 5.41) is 2.91. The summed E-state index contributed by atoms with van der Waals surface area (Å²) in [5.74, 6) is -1.81. The van der Waals surface area contributed by atoms with Crippen LogP contribution >= 0.6 is 23.2 Å². The van der Waals surface area contributed by atoms with Gasteiger partial charge in [0.2, 0.25) is 0 Å². The maximum absolute atomic E-state index is 13.4. The molecule has 2 aromatic rings. The molecule has 0 aromatic heterocycles. The molecule has 0 atom stereocenters. The van der Waals surface area contributed by atoms with Crippen LogP contribution < -0.4 is 5.32 Å². The Morgan fingerprint density at radius 3 is 2.61 bits per heavy atom. The topological polar surface area (TPSA) is 55.4 Å². The highest BCUT2D eigenvalue weighted by molar-refractivity contribution is 6.35. The van der Waals surface area contributed by atoms with E-state index < -0.39 is 24.3 Å². The molecule has 7 heteroatoms. The van der Waals surface area contributed by atoms with Gasteiger partial charge < -0.3 is 10.1 Å². The van der Waals surface area contributed by atoms with E-state index in [-0.39, 0.29) is 16.3 Å². The summed E-state index contributed by atoms with van der Waals surface area (Å²) in [5.41, 5.74) is 0.799. The van der Waals surface area contributed by atoms with Gasteiger partial charge in [0, 0.05) is 10.7 Å². The standard InChI is InChI=1S/C16H12Cl2FNO3/c1-9-2-4-11(7-14(9)19)20-15(21)8-23-16(22)12-6-10(17)3-5-13(12)18/h2-7H,8H2,1H3,(H,20,21). The lowest BCUT2D eigenvalue weighted by Crippen LogP contribution is -2.21. The molecular formula is C16H12Cl2FNO3. The minimum Gasteiger partial charge on any atom is -0.452 e. The zero-order valence-electron chi connectivity index (χ0n) is 12.0. The van der Waals surface area contributed by atoms with Gasteiger partial charge in [-0.05, 0) is 42.8 Å². The Morgan fingerprint density at radius 1 is 1.17 bits per heavy atom. The first-order chi connectivity index (χ1) is 10.9. The molecule has 1 amide bonds. The number of hydrogen-bond acceptors (Lipinski definition) is 3. The molecule has 0 bridgehead atoms. The number of hydrogen-bond donors (Lipinski definition) is 1. The van der Waals surface area contributed by atoms with Crippen molar-refractivity contribution in [2.24, 2.45) is 0 Å². The Morgan fingerprint density at radius 2 is 1.91 bits per heavy atom. The highest BCUT2D eigenvalue weighted by Crippen LogP contribution is 2.21. The molecule has 0 aliphatic rings. The number of carbonyl (C=O) groups excluding carboxylic acids is 2. The van der Waals surface area contributed by atoms with Crippen molar-refractivity contribution in [3.8, 4) is 0 Å². The summed E-state index contributed by atoms with van der Waals surface area (Å²) in [6.07, 6.45) is 0. The van der Waals surface area contributed by atoms with Gasteiger partial charge in [-0.2, -0.15) is 0 Å². The van der Waals surface area contributed by atoms with Crippen LogP contribution in [-0.4, -0.2) is 18.5 Å². The summed E-state index contributed by atoms with van der Waals surface area (Å²) in [6.45, 7) is 1.08. The van der Waals surface area contributed by atoms with Gasteiger partial charge >= 0.3 is 5.97 Å². The number of halogens is 3. The maximum atomic E-state index is 13.4. The van der Waals surface area contributed by atoms with E-state index in [1.807, 2.05) is 0 Å². The molecular weight excluding hydrogens is 344 g/mol. The smallest absolute Gasteiger partial charge is 0.340 e. The lowest BCUT2D eigenvalue weighted by atomic mass is 10.2. The van der Waals surface area contributed by atoms with Crippen LogP contribution in [0.25, 0.3) is 0 Å². The van der Waals surface area contributed by atoms with Gasteiger partial charge in [0.15, 0.2) is 6.61 Å². The van der Waals surface area contributed by atoms with Crippen LogP contribution in [0.4, 0.5) is 10.1 Å². The zero-order chi connectivity index (χ0) is 17.0. The van der Waals surface area contributed by atoms with Gasteiger partial charge in [-0.15, -0.1) is 0 Å². The third kappa shape index (κ3) is 4.68. The Balaban J connectivity index is 1.94. The summed E-state index contributed by atoms with van der Waals surface area (Å²) >= 11 is 11.6. The quantitative estimate of drug-likeness (QED) is 0.834. The van der Waals surface area contributed by atoms with Crippen molar-refractivity contribution in [1.29, 1.82) is 0 Å². The number of benzene rings is 2. The third-order valence-corrected chi connectivity index (χ3v) is 3.50. The van der Waals surface area contributed by atoms with Gasteiger partial charge in [0.25, 0.3) is 5.91 Å². The van der Waals surface area contributed by atoms with Crippen LogP contribution in [0.3, 0.4) is 0 Å². The molecule has 23 heavy (non-hydrogen) atoms. The fourth-order valence-electron chi connectivity index (χ4n) is 1.73. The minimum absolute atomic E-state index is 0.0633. The van der Waals surface area contributed by atoms with Crippen LogP contribution in [0.15, 0.2) is 36.4 Å². The van der Waals surface area contributed by atoms with Crippen LogP contribution in [-0.2, 0) is 9.53 Å². The van der Waals surface area contributed by atoms with Gasteiger partial charge in [-0.25, -0.2) is 9.18 Å². The second-order valence-corrected chi connectivity index (χ2v) is 5.56. The second-order valence-electron chi connectivity index (χ2n) is 4.71. The van der Waals surface area contributed by atoms with Gasteiger partial charge in [-0.3, -0.25) is 4.79 Å². The number of rotatable bonds is 4. The Kier molecular flexibility index (Phi) is 5.58. The number of anilines is 1. The van der Waals surface area contributed by atoms with E-state index in [1.54, 1.807) is 13.0 Å². The van der Waals surface area contributed by atoms with E-state index in [0.717, 1.165) is 0 Å². The average Bonchev–Trinajstić information content (AvgIpc) is 2.51. The van der Waals surface area contributed by atoms with E-state index in [2.05, 4.69) is 5.32 Å². The van der Waals surface area contributed by atoms with Crippen molar-refractivity contribution >= 4 is 40.8 Å². The lowest BCUT2D eigenvalue weighted by molar-refractivity contribution is -0.119. The fraction of sp³-hybridized carbons (Fsp3) is 0.125. The summed E-state index contributed by atoms with van der Waals surface area (Å²) < 4.78 is 18.2. The van der Waals surface area contributed by atoms with Gasteiger partial charge in [0.1, 0.15) is 5.82 Å². The molecule has 0 radical (unpaired) electrons. The van der Waals surface area contributed by atoms with E-state index in [0.29, 0.717) is 10.6 Å². The molecule has 0 aliphatic carbocycles. The molecule has 0 saturated heterocycles. The molecule has 0 fully saturated rings. The van der Waals surface area contributed by atoms with Crippen molar-refractivity contribution < 1.29 is 18.7 Å². The van der Waals surface area contributed by atoms with Crippen molar-refractivity contribution in [2.45, 2.75) is 6.92 Å². The summed E-state index contributed by atoms with van der Waals surface area (Å²) in [4.78, 5) is 23.6. The Labute approximate surface area is 142 Å². The van der Waals surface area contributed by atoms with Gasteiger partial charge in [-0.1, -0.05) is 29.3 Å². The molecule has 0 aliphatic heterocycles. The monoisotopic (exact) mass is 355 g/mol. The highest BCUT2D eigenvalue weighted by Gasteiger charge is 2.14. The van der Waals surface area contributed by atoms with Crippen LogP contribution in [0.2, 0.25) is 10.0 Å². The molecule has 120 valence electrons. The molecule has 0 spiro atoms. The number of carbonyl (C=O) groups is 2. The first-order valence-electron chi connectivity index (χ1n) is 6.55. The Hall–Kier alpha value is -2.11. The van der Waals surface area contributed by atoms with E-state index >= 15 is 0 Å². The molecule has 2 aromatic carbocycles. The number of nitrogens with one attached hydrogen (secondary N) is 1. The number of aryl methyl sites for hydroxylation is 1. The molecule has 0 heterocycles. The third-order valence-electron chi connectivity index (χ3n) is 2.94. The first kappa shape index (κ1) is 17.2. The average molecular weight is 356 g/mol. The molecule has 0 unspecified atom stereocenters. The molecule has 2 rings (SSSR count). The predicted octanol–water partition coefficient (Wildman–Crippen LogP) is 4.24. The minimum atomic E-state index is -0.775. The lowest BCUT2D eigenvalue weighted by Gasteiger charge is -2.08. The van der Waals surface area contributed by atoms with E-state index in [1.165, 1.54) is 30.3 Å². The second kappa shape index (κ2) is 7.44. The predicted molar refractivity (Wildman–Crippen MR) is 86.5 cm³/mol. The van der Waals surface area contributed by atoms with E-state index in [4.69, 9.17) is 27.9 Å². The van der Waals surface area contributed by atoms with Crippen molar-refractivity contribution in [1.82, 2.24) is 0 Å². The molecule has 4 nitrogen and oxygen atoms in total. The SMILES string of the molecule is Cc1ccc(NC(=O)COC(=O)c2cc(Cl)ccc2Cl)cc1F. The maximum Gasteiger partial charge on any atom is 0.340 e. The summed E-state index contributed by atoms with van der Waals surface area (Å²) in [6, 6.07) is 8.59.